The molecule has 1 aromatic rings. The second-order valence-corrected chi connectivity index (χ2v) is 2.90. The van der Waals surface area contributed by atoms with Crippen LogP contribution in [0.2, 0.25) is 0 Å². The Morgan fingerprint density at radius 2 is 2.25 bits per heavy atom. The lowest BCUT2D eigenvalue weighted by Gasteiger charge is -2.12. The van der Waals surface area contributed by atoms with Gasteiger partial charge in [0.1, 0.15) is 5.82 Å². The van der Waals surface area contributed by atoms with Crippen LogP contribution >= 0.6 is 0 Å². The zero-order valence-corrected chi connectivity index (χ0v) is 6.71. The molecule has 0 aliphatic carbocycles. The van der Waals surface area contributed by atoms with Crippen molar-refractivity contribution in [1.29, 1.82) is 0 Å². The molecule has 0 bridgehead atoms. The predicted octanol–water partition coefficient (Wildman–Crippen LogP) is 0.468. The lowest BCUT2D eigenvalue weighted by Crippen LogP contribution is -2.17. The van der Waals surface area contributed by atoms with Crippen LogP contribution in [0.15, 0.2) is 6.20 Å². The van der Waals surface area contributed by atoms with Crippen molar-refractivity contribution >= 4 is 12.1 Å². The highest BCUT2D eigenvalue weighted by molar-refractivity contribution is 5.70. The van der Waals surface area contributed by atoms with E-state index in [9.17, 15) is 4.79 Å². The molecule has 1 aliphatic rings. The molecule has 1 radical (unpaired) electrons. The lowest BCUT2D eigenvalue weighted by atomic mass is 10.4. The van der Waals surface area contributed by atoms with Crippen molar-refractivity contribution in [1.82, 2.24) is 9.97 Å². The maximum atomic E-state index is 10.2. The zero-order chi connectivity index (χ0) is 8.39. The molecule has 0 amide bonds. The number of aromatic nitrogens is 2. The van der Waals surface area contributed by atoms with Crippen LogP contribution in [0.1, 0.15) is 18.7 Å². The van der Waals surface area contributed by atoms with E-state index in [-0.39, 0.29) is 5.82 Å². The summed E-state index contributed by atoms with van der Waals surface area (Å²) >= 11 is 0. The van der Waals surface area contributed by atoms with Gasteiger partial charge in [-0.3, -0.25) is 4.79 Å². The summed E-state index contributed by atoms with van der Waals surface area (Å²) < 4.78 is 0. The first-order valence-electron chi connectivity index (χ1n) is 4.08. The third-order valence-corrected chi connectivity index (χ3v) is 2.09. The lowest BCUT2D eigenvalue weighted by molar-refractivity contribution is 0.560. The van der Waals surface area contributed by atoms with Gasteiger partial charge in [0.05, 0.1) is 0 Å². The summed E-state index contributed by atoms with van der Waals surface area (Å²) in [5.74, 6) is 1.16. The third-order valence-electron chi connectivity index (χ3n) is 2.09. The first-order valence-corrected chi connectivity index (χ1v) is 4.08. The molecule has 63 valence electrons. The molecule has 1 aromatic heterocycles. The van der Waals surface area contributed by atoms with Crippen LogP contribution in [-0.2, 0) is 4.79 Å². The highest BCUT2D eigenvalue weighted by Crippen LogP contribution is 2.16. The monoisotopic (exact) mass is 164 g/mol. The van der Waals surface area contributed by atoms with E-state index in [4.69, 9.17) is 0 Å². The summed E-state index contributed by atoms with van der Waals surface area (Å²) in [7, 11) is 0. The fraction of sp³-hybridized carbons (Fsp3) is 0.500. The second kappa shape index (κ2) is 2.97. The van der Waals surface area contributed by atoms with Crippen molar-refractivity contribution in [2.24, 2.45) is 0 Å². The van der Waals surface area contributed by atoms with Gasteiger partial charge in [-0.05, 0) is 12.8 Å². The van der Waals surface area contributed by atoms with Crippen LogP contribution in [0.25, 0.3) is 0 Å². The minimum absolute atomic E-state index is 0.289. The number of nitrogens with one attached hydrogen (secondary N) is 1. The van der Waals surface area contributed by atoms with Gasteiger partial charge in [-0.15, -0.1) is 0 Å². The summed E-state index contributed by atoms with van der Waals surface area (Å²) in [5.41, 5.74) is 0. The molecule has 1 fully saturated rings. The average Bonchev–Trinajstić information content (AvgIpc) is 2.75. The first-order chi connectivity index (χ1) is 5.90. The van der Waals surface area contributed by atoms with E-state index >= 15 is 0 Å². The normalized spacial score (nSPS) is 16.8. The van der Waals surface area contributed by atoms with Gasteiger partial charge in [-0.2, -0.15) is 0 Å². The van der Waals surface area contributed by atoms with Crippen molar-refractivity contribution in [2.75, 3.05) is 18.0 Å². The van der Waals surface area contributed by atoms with E-state index in [1.54, 1.807) is 12.5 Å². The fourth-order valence-electron chi connectivity index (χ4n) is 1.47. The summed E-state index contributed by atoms with van der Waals surface area (Å²) in [6, 6.07) is 0. The molecule has 0 spiro atoms. The largest absolute Gasteiger partial charge is 0.355 e. The van der Waals surface area contributed by atoms with Crippen LogP contribution in [0, 0.1) is 0 Å². The maximum Gasteiger partial charge on any atom is 0.272 e. The highest BCUT2D eigenvalue weighted by Gasteiger charge is 2.14. The van der Waals surface area contributed by atoms with Gasteiger partial charge in [0.2, 0.25) is 0 Å². The SMILES string of the molecule is O=[C]c1nc(N2CCCC2)c[nH]1. The number of anilines is 1. The molecule has 2 rings (SSSR count). The van der Waals surface area contributed by atoms with Crippen molar-refractivity contribution in [3.63, 3.8) is 0 Å². The summed E-state index contributed by atoms with van der Waals surface area (Å²) in [6.07, 6.45) is 5.91. The van der Waals surface area contributed by atoms with E-state index in [1.807, 2.05) is 0 Å². The molecule has 0 atom stereocenters. The van der Waals surface area contributed by atoms with Crippen LogP contribution in [-0.4, -0.2) is 29.3 Å². The van der Waals surface area contributed by atoms with Crippen LogP contribution in [0.3, 0.4) is 0 Å². The van der Waals surface area contributed by atoms with Gasteiger partial charge in [0, 0.05) is 19.3 Å². The Morgan fingerprint density at radius 3 is 2.83 bits per heavy atom. The predicted molar refractivity (Wildman–Crippen MR) is 44.8 cm³/mol. The topological polar surface area (TPSA) is 49.0 Å². The van der Waals surface area contributed by atoms with Gasteiger partial charge in [-0.1, -0.05) is 0 Å². The van der Waals surface area contributed by atoms with Crippen molar-refractivity contribution in [3.05, 3.63) is 12.0 Å². The molecule has 12 heavy (non-hydrogen) atoms. The molecule has 2 heterocycles. The Hall–Kier alpha value is -1.32. The smallest absolute Gasteiger partial charge is 0.272 e. The number of aromatic amines is 1. The Kier molecular flexibility index (Phi) is 1.81. The van der Waals surface area contributed by atoms with E-state index in [0.29, 0.717) is 0 Å². The number of hydrogen-bond donors (Lipinski definition) is 1. The fourth-order valence-corrected chi connectivity index (χ4v) is 1.47. The number of H-pyrrole nitrogens is 1. The van der Waals surface area contributed by atoms with Crippen molar-refractivity contribution in [3.8, 4) is 0 Å². The molecular weight excluding hydrogens is 154 g/mol. The molecule has 0 aromatic carbocycles. The maximum absolute atomic E-state index is 10.2. The first kappa shape index (κ1) is 7.34. The Morgan fingerprint density at radius 1 is 1.50 bits per heavy atom. The van der Waals surface area contributed by atoms with Gasteiger partial charge >= 0.3 is 0 Å². The summed E-state index contributed by atoms with van der Waals surface area (Å²) in [6.45, 7) is 2.09. The molecule has 0 saturated carbocycles. The number of carbonyl (C=O) groups excluding carboxylic acids is 1. The summed E-state index contributed by atoms with van der Waals surface area (Å²) in [4.78, 5) is 19.2. The molecule has 4 nitrogen and oxygen atoms in total. The molecule has 1 N–H and O–H groups in total. The van der Waals surface area contributed by atoms with Gasteiger partial charge < -0.3 is 9.88 Å². The Balaban J connectivity index is 2.16. The summed E-state index contributed by atoms with van der Waals surface area (Å²) in [5, 5.41) is 0. The highest BCUT2D eigenvalue weighted by atomic mass is 16.1. The number of hydrogen-bond acceptors (Lipinski definition) is 3. The third kappa shape index (κ3) is 1.20. The standard InChI is InChI=1S/C8H10N3O/c12-6-7-9-5-8(10-7)11-3-1-2-4-11/h5H,1-4H2,(H,9,10). The molecule has 1 aliphatic heterocycles. The Bertz CT molecular complexity index is 276. The molecular formula is C8H10N3O. The molecule has 1 saturated heterocycles. The van der Waals surface area contributed by atoms with Gasteiger partial charge in [-0.25, -0.2) is 4.98 Å². The van der Waals surface area contributed by atoms with Crippen LogP contribution in [0.4, 0.5) is 5.82 Å². The van der Waals surface area contributed by atoms with E-state index in [0.717, 1.165) is 18.9 Å². The van der Waals surface area contributed by atoms with Gasteiger partial charge in [0.25, 0.3) is 6.29 Å². The van der Waals surface area contributed by atoms with E-state index in [2.05, 4.69) is 14.9 Å². The number of imidazole rings is 1. The number of rotatable bonds is 2. The minimum Gasteiger partial charge on any atom is -0.355 e. The van der Waals surface area contributed by atoms with Crippen LogP contribution < -0.4 is 4.90 Å². The van der Waals surface area contributed by atoms with Gasteiger partial charge in [0.15, 0.2) is 5.82 Å². The second-order valence-electron chi connectivity index (χ2n) is 2.90. The van der Waals surface area contributed by atoms with Crippen LogP contribution in [0.5, 0.6) is 0 Å². The minimum atomic E-state index is 0.289. The van der Waals surface area contributed by atoms with E-state index in [1.165, 1.54) is 12.8 Å². The van der Waals surface area contributed by atoms with Crippen molar-refractivity contribution < 1.29 is 4.79 Å². The molecule has 0 unspecified atom stereocenters. The Labute approximate surface area is 70.6 Å². The average molecular weight is 164 g/mol. The number of nitrogens with zero attached hydrogens (tertiary/aromatic N) is 2. The van der Waals surface area contributed by atoms with E-state index < -0.39 is 0 Å². The molecule has 4 heteroatoms. The van der Waals surface area contributed by atoms with Crippen molar-refractivity contribution in [2.45, 2.75) is 12.8 Å². The zero-order valence-electron chi connectivity index (χ0n) is 6.71. The quantitative estimate of drug-likeness (QED) is 0.691.